The van der Waals surface area contributed by atoms with Crippen molar-refractivity contribution in [2.24, 2.45) is 5.73 Å². The van der Waals surface area contributed by atoms with E-state index in [4.69, 9.17) is 11.0 Å². The van der Waals surface area contributed by atoms with E-state index < -0.39 is 10.0 Å². The molecule has 0 aliphatic carbocycles. The van der Waals surface area contributed by atoms with Crippen LogP contribution in [0.15, 0.2) is 23.4 Å². The largest absolute Gasteiger partial charge is 0.327 e. The van der Waals surface area contributed by atoms with Crippen LogP contribution in [0.3, 0.4) is 0 Å². The fourth-order valence-corrected chi connectivity index (χ4v) is 3.44. The van der Waals surface area contributed by atoms with Crippen LogP contribution in [0.5, 0.6) is 0 Å². The third kappa shape index (κ3) is 2.51. The number of nitriles is 1. The first kappa shape index (κ1) is 13.0. The second-order valence-electron chi connectivity index (χ2n) is 4.26. The summed E-state index contributed by atoms with van der Waals surface area (Å²) in [6.07, 6.45) is 2.91. The molecule has 1 fully saturated rings. The molecular weight excluding hydrogens is 252 g/mol. The van der Waals surface area contributed by atoms with Crippen LogP contribution in [0.4, 0.5) is 0 Å². The molecule has 0 radical (unpaired) electrons. The van der Waals surface area contributed by atoms with Gasteiger partial charge in [0.2, 0.25) is 0 Å². The minimum Gasteiger partial charge on any atom is -0.327 e. The molecule has 1 aliphatic rings. The second-order valence-corrected chi connectivity index (χ2v) is 6.14. The van der Waals surface area contributed by atoms with Gasteiger partial charge in [-0.1, -0.05) is 0 Å². The Labute approximate surface area is 106 Å². The van der Waals surface area contributed by atoms with Crippen molar-refractivity contribution in [1.82, 2.24) is 9.29 Å². The molecule has 0 aromatic carbocycles. The molecule has 1 aromatic rings. The Balaban J connectivity index is 2.33. The summed E-state index contributed by atoms with van der Waals surface area (Å²) in [4.78, 5) is 3.84. The smallest absolute Gasteiger partial charge is 0.260 e. The van der Waals surface area contributed by atoms with Gasteiger partial charge in [0.15, 0.2) is 5.03 Å². The molecule has 1 atom stereocenters. The molecular formula is C11H14N4O2S. The van der Waals surface area contributed by atoms with Crippen molar-refractivity contribution >= 4 is 10.0 Å². The van der Waals surface area contributed by atoms with Crippen molar-refractivity contribution in [3.8, 4) is 6.07 Å². The van der Waals surface area contributed by atoms with Crippen LogP contribution in [-0.2, 0) is 10.0 Å². The Bertz CT molecular complexity index is 579. The first-order chi connectivity index (χ1) is 8.54. The quantitative estimate of drug-likeness (QED) is 0.816. The molecule has 1 aromatic heterocycles. The Morgan fingerprint density at radius 2 is 2.33 bits per heavy atom. The van der Waals surface area contributed by atoms with Crippen LogP contribution < -0.4 is 5.73 Å². The third-order valence-corrected chi connectivity index (χ3v) is 4.65. The van der Waals surface area contributed by atoms with Gasteiger partial charge in [-0.15, -0.1) is 0 Å². The molecule has 2 heterocycles. The van der Waals surface area contributed by atoms with Crippen LogP contribution in [0.25, 0.3) is 0 Å². The van der Waals surface area contributed by atoms with E-state index in [1.807, 2.05) is 6.07 Å². The lowest BCUT2D eigenvalue weighted by Crippen LogP contribution is -2.45. The second kappa shape index (κ2) is 5.02. The van der Waals surface area contributed by atoms with Gasteiger partial charge in [-0.25, -0.2) is 13.4 Å². The average molecular weight is 266 g/mol. The lowest BCUT2D eigenvalue weighted by atomic mass is 10.1. The van der Waals surface area contributed by atoms with Gasteiger partial charge in [0.25, 0.3) is 10.0 Å². The van der Waals surface area contributed by atoms with Crippen molar-refractivity contribution in [3.05, 3.63) is 23.9 Å². The Morgan fingerprint density at radius 1 is 1.56 bits per heavy atom. The highest BCUT2D eigenvalue weighted by Gasteiger charge is 2.29. The molecule has 6 nitrogen and oxygen atoms in total. The van der Waals surface area contributed by atoms with E-state index in [9.17, 15) is 8.42 Å². The van der Waals surface area contributed by atoms with Crippen LogP contribution in [0, 0.1) is 11.3 Å². The van der Waals surface area contributed by atoms with Gasteiger partial charge in [0.1, 0.15) is 0 Å². The number of nitrogens with zero attached hydrogens (tertiary/aromatic N) is 3. The molecule has 1 saturated heterocycles. The summed E-state index contributed by atoms with van der Waals surface area (Å²) in [6.45, 7) is 0.759. The highest BCUT2D eigenvalue weighted by molar-refractivity contribution is 7.89. The maximum atomic E-state index is 12.3. The number of nitrogens with two attached hydrogens (primary N) is 1. The van der Waals surface area contributed by atoms with E-state index in [1.165, 1.54) is 22.6 Å². The zero-order chi connectivity index (χ0) is 13.2. The molecule has 0 amide bonds. The SMILES string of the molecule is N#Cc1ccnc(S(=O)(=O)N2CCC[C@H](N)C2)c1. The predicted octanol–water partition coefficient (Wildman–Crippen LogP) is 0.0651. The summed E-state index contributed by atoms with van der Waals surface area (Å²) in [5, 5.41) is 8.69. The van der Waals surface area contributed by atoms with E-state index in [1.54, 1.807) is 0 Å². The first-order valence-corrected chi connectivity index (χ1v) is 7.10. The van der Waals surface area contributed by atoms with Gasteiger partial charge in [0, 0.05) is 25.3 Å². The summed E-state index contributed by atoms with van der Waals surface area (Å²) in [7, 11) is -3.64. The number of aromatic nitrogens is 1. The van der Waals surface area contributed by atoms with Crippen molar-refractivity contribution in [2.45, 2.75) is 23.9 Å². The molecule has 96 valence electrons. The number of sulfonamides is 1. The highest BCUT2D eigenvalue weighted by atomic mass is 32.2. The van der Waals surface area contributed by atoms with Gasteiger partial charge >= 0.3 is 0 Å². The average Bonchev–Trinajstić information content (AvgIpc) is 2.39. The fourth-order valence-electron chi connectivity index (χ4n) is 1.94. The monoisotopic (exact) mass is 266 g/mol. The zero-order valence-electron chi connectivity index (χ0n) is 9.78. The Kier molecular flexibility index (Phi) is 3.61. The molecule has 0 bridgehead atoms. The van der Waals surface area contributed by atoms with Gasteiger partial charge < -0.3 is 5.73 Å². The van der Waals surface area contributed by atoms with Gasteiger partial charge in [-0.05, 0) is 25.0 Å². The number of rotatable bonds is 2. The van der Waals surface area contributed by atoms with E-state index >= 15 is 0 Å². The number of piperidine rings is 1. The van der Waals surface area contributed by atoms with Crippen LogP contribution in [0.1, 0.15) is 18.4 Å². The minimum absolute atomic E-state index is 0.0874. The standard InChI is InChI=1S/C11H14N4O2S/c12-7-9-3-4-14-11(6-9)18(16,17)15-5-1-2-10(13)8-15/h3-4,6,10H,1-2,5,8,13H2/t10-/m0/s1. The molecule has 2 rings (SSSR count). The van der Waals surface area contributed by atoms with Crippen molar-refractivity contribution in [2.75, 3.05) is 13.1 Å². The first-order valence-electron chi connectivity index (χ1n) is 5.66. The zero-order valence-corrected chi connectivity index (χ0v) is 10.6. The molecule has 2 N–H and O–H groups in total. The summed E-state index contributed by atoms with van der Waals surface area (Å²) in [5.41, 5.74) is 6.06. The summed E-state index contributed by atoms with van der Waals surface area (Å²) < 4.78 is 25.9. The molecule has 18 heavy (non-hydrogen) atoms. The molecule has 7 heteroatoms. The lowest BCUT2D eigenvalue weighted by Gasteiger charge is -2.29. The van der Waals surface area contributed by atoms with Gasteiger partial charge in [0.05, 0.1) is 11.6 Å². The molecule has 1 aliphatic heterocycles. The Hall–Kier alpha value is -1.49. The number of hydrogen-bond acceptors (Lipinski definition) is 5. The van der Waals surface area contributed by atoms with Crippen molar-refractivity contribution < 1.29 is 8.42 Å². The normalized spacial score (nSPS) is 21.4. The highest BCUT2D eigenvalue weighted by Crippen LogP contribution is 2.19. The van der Waals surface area contributed by atoms with E-state index in [0.29, 0.717) is 13.1 Å². The maximum Gasteiger partial charge on any atom is 0.260 e. The van der Waals surface area contributed by atoms with Gasteiger partial charge in [-0.3, -0.25) is 0 Å². The number of pyridine rings is 1. The Morgan fingerprint density at radius 3 is 3.00 bits per heavy atom. The summed E-state index contributed by atoms with van der Waals surface area (Å²) in [6, 6.07) is 4.53. The van der Waals surface area contributed by atoms with Crippen LogP contribution in [0.2, 0.25) is 0 Å². The maximum absolute atomic E-state index is 12.3. The topological polar surface area (TPSA) is 100 Å². The minimum atomic E-state index is -3.64. The van der Waals surface area contributed by atoms with E-state index in [2.05, 4.69) is 4.98 Å². The third-order valence-electron chi connectivity index (χ3n) is 2.89. The number of hydrogen-bond donors (Lipinski definition) is 1. The van der Waals surface area contributed by atoms with E-state index in [-0.39, 0.29) is 16.6 Å². The summed E-state index contributed by atoms with van der Waals surface area (Å²) >= 11 is 0. The van der Waals surface area contributed by atoms with Crippen LogP contribution in [-0.4, -0.2) is 36.8 Å². The van der Waals surface area contributed by atoms with E-state index in [0.717, 1.165) is 12.8 Å². The lowest BCUT2D eigenvalue weighted by molar-refractivity contribution is 0.315. The van der Waals surface area contributed by atoms with Crippen molar-refractivity contribution in [1.29, 1.82) is 5.26 Å². The predicted molar refractivity (Wildman–Crippen MR) is 64.9 cm³/mol. The summed E-state index contributed by atoms with van der Waals surface area (Å²) in [5.74, 6) is 0. The fraction of sp³-hybridized carbons (Fsp3) is 0.455. The van der Waals surface area contributed by atoms with Crippen LogP contribution >= 0.6 is 0 Å². The molecule has 0 saturated carbocycles. The van der Waals surface area contributed by atoms with Gasteiger partial charge in [-0.2, -0.15) is 9.57 Å². The van der Waals surface area contributed by atoms with Crippen molar-refractivity contribution in [3.63, 3.8) is 0 Å². The molecule has 0 spiro atoms. The molecule has 0 unspecified atom stereocenters.